The Bertz CT molecular complexity index is 624. The van der Waals surface area contributed by atoms with Gasteiger partial charge in [0.15, 0.2) is 0 Å². The molecule has 1 rings (SSSR count). The number of rotatable bonds is 7. The summed E-state index contributed by atoms with van der Waals surface area (Å²) >= 11 is 0. The first-order chi connectivity index (χ1) is 10.1. The summed E-state index contributed by atoms with van der Waals surface area (Å²) in [6.45, 7) is 8.53. The summed E-state index contributed by atoms with van der Waals surface area (Å²) in [5.41, 5.74) is 1.72. The topological polar surface area (TPSA) is 66.5 Å². The first kappa shape index (κ1) is 18.6. The number of aryl methyl sites for hydroxylation is 2. The molecule has 0 aliphatic rings. The molecule has 0 radical (unpaired) electrons. The maximum atomic E-state index is 12.3. The molecule has 1 amide bonds. The first-order valence-electron chi connectivity index (χ1n) is 7.44. The van der Waals surface area contributed by atoms with Crippen LogP contribution in [-0.2, 0) is 14.8 Å². The average molecular weight is 326 g/mol. The molecule has 0 saturated carbocycles. The van der Waals surface area contributed by atoms with Gasteiger partial charge in [-0.05, 0) is 31.4 Å². The van der Waals surface area contributed by atoms with Gasteiger partial charge in [-0.25, -0.2) is 13.1 Å². The lowest BCUT2D eigenvalue weighted by atomic mass is 10.2. The molecular weight excluding hydrogens is 300 g/mol. The lowest BCUT2D eigenvalue weighted by Gasteiger charge is -2.19. The van der Waals surface area contributed by atoms with E-state index in [0.29, 0.717) is 18.0 Å². The van der Waals surface area contributed by atoms with Crippen LogP contribution in [0.4, 0.5) is 0 Å². The minimum atomic E-state index is -3.57. The van der Waals surface area contributed by atoms with E-state index in [-0.39, 0.29) is 23.8 Å². The molecule has 5 nitrogen and oxygen atoms in total. The Kier molecular flexibility index (Phi) is 6.56. The van der Waals surface area contributed by atoms with E-state index < -0.39 is 10.0 Å². The van der Waals surface area contributed by atoms with Crippen molar-refractivity contribution in [1.82, 2.24) is 9.62 Å². The molecule has 124 valence electrons. The second kappa shape index (κ2) is 7.74. The van der Waals surface area contributed by atoms with Gasteiger partial charge >= 0.3 is 0 Å². The van der Waals surface area contributed by atoms with Crippen molar-refractivity contribution in [3.05, 3.63) is 29.3 Å². The molecule has 0 fully saturated rings. The van der Waals surface area contributed by atoms with Gasteiger partial charge in [0.2, 0.25) is 15.9 Å². The minimum Gasteiger partial charge on any atom is -0.345 e. The van der Waals surface area contributed by atoms with Crippen molar-refractivity contribution in [3.8, 4) is 0 Å². The summed E-state index contributed by atoms with van der Waals surface area (Å²) in [7, 11) is -1.84. The normalized spacial score (nSPS) is 11.7. The molecule has 0 atom stereocenters. The number of nitrogens with one attached hydrogen (secondary N) is 1. The Hall–Kier alpha value is -1.40. The Labute approximate surface area is 133 Å². The Morgan fingerprint density at radius 1 is 1.27 bits per heavy atom. The van der Waals surface area contributed by atoms with Crippen molar-refractivity contribution < 1.29 is 13.2 Å². The van der Waals surface area contributed by atoms with Gasteiger partial charge in [0.1, 0.15) is 0 Å². The minimum absolute atomic E-state index is 0.0583. The van der Waals surface area contributed by atoms with Crippen molar-refractivity contribution in [2.24, 2.45) is 5.92 Å². The monoisotopic (exact) mass is 326 g/mol. The number of benzene rings is 1. The van der Waals surface area contributed by atoms with Crippen molar-refractivity contribution in [1.29, 1.82) is 0 Å². The number of hydrogen-bond acceptors (Lipinski definition) is 3. The molecule has 1 aromatic carbocycles. The molecule has 6 heteroatoms. The number of carbonyl (C=O) groups excluding carboxylic acids is 1. The van der Waals surface area contributed by atoms with Gasteiger partial charge in [-0.1, -0.05) is 31.5 Å². The van der Waals surface area contributed by atoms with Crippen LogP contribution in [0.15, 0.2) is 23.1 Å². The van der Waals surface area contributed by atoms with Gasteiger partial charge in [-0.3, -0.25) is 4.79 Å². The molecule has 0 heterocycles. The van der Waals surface area contributed by atoms with Gasteiger partial charge in [-0.15, -0.1) is 0 Å². The summed E-state index contributed by atoms with van der Waals surface area (Å²) in [5, 5.41) is 0. The van der Waals surface area contributed by atoms with E-state index >= 15 is 0 Å². The van der Waals surface area contributed by atoms with Crippen molar-refractivity contribution in [3.63, 3.8) is 0 Å². The van der Waals surface area contributed by atoms with E-state index in [2.05, 4.69) is 4.72 Å². The number of nitrogens with zero attached hydrogens (tertiary/aromatic N) is 1. The summed E-state index contributed by atoms with van der Waals surface area (Å²) in [5.74, 6) is 0.331. The zero-order chi connectivity index (χ0) is 16.9. The predicted molar refractivity (Wildman–Crippen MR) is 88.2 cm³/mol. The van der Waals surface area contributed by atoms with Crippen LogP contribution >= 0.6 is 0 Å². The van der Waals surface area contributed by atoms with E-state index in [0.717, 1.165) is 5.56 Å². The van der Waals surface area contributed by atoms with Crippen molar-refractivity contribution in [2.75, 3.05) is 20.1 Å². The molecule has 0 aromatic heterocycles. The van der Waals surface area contributed by atoms with Gasteiger partial charge in [0.05, 0.1) is 4.90 Å². The fourth-order valence-electron chi connectivity index (χ4n) is 2.31. The summed E-state index contributed by atoms with van der Waals surface area (Å²) < 4.78 is 27.0. The Morgan fingerprint density at radius 3 is 2.45 bits per heavy atom. The van der Waals surface area contributed by atoms with Crippen LogP contribution in [0.25, 0.3) is 0 Å². The number of carbonyl (C=O) groups is 1. The van der Waals surface area contributed by atoms with E-state index in [1.165, 1.54) is 0 Å². The highest BCUT2D eigenvalue weighted by molar-refractivity contribution is 7.89. The second-order valence-electron chi connectivity index (χ2n) is 6.08. The van der Waals surface area contributed by atoms with E-state index in [1.807, 2.05) is 26.8 Å². The van der Waals surface area contributed by atoms with Crippen molar-refractivity contribution >= 4 is 15.9 Å². The lowest BCUT2D eigenvalue weighted by Crippen LogP contribution is -2.34. The van der Waals surface area contributed by atoms with Crippen LogP contribution in [0.3, 0.4) is 0 Å². The SMILES string of the molecule is Cc1ccc(S(=O)(=O)NCCC(=O)N(C)CC(C)C)c(C)c1. The second-order valence-corrected chi connectivity index (χ2v) is 7.82. The maximum Gasteiger partial charge on any atom is 0.240 e. The maximum absolute atomic E-state index is 12.3. The zero-order valence-electron chi connectivity index (χ0n) is 14.0. The van der Waals surface area contributed by atoms with E-state index in [9.17, 15) is 13.2 Å². The highest BCUT2D eigenvalue weighted by atomic mass is 32.2. The van der Waals surface area contributed by atoms with Crippen molar-refractivity contribution in [2.45, 2.75) is 39.0 Å². The van der Waals surface area contributed by atoms with E-state index in [1.54, 1.807) is 31.0 Å². The van der Waals surface area contributed by atoms with Crippen LogP contribution in [0.2, 0.25) is 0 Å². The number of hydrogen-bond donors (Lipinski definition) is 1. The van der Waals surface area contributed by atoms with Crippen LogP contribution in [0.1, 0.15) is 31.4 Å². The predicted octanol–water partition coefficient (Wildman–Crippen LogP) is 2.09. The first-order valence-corrected chi connectivity index (χ1v) is 8.92. The average Bonchev–Trinajstić information content (AvgIpc) is 2.36. The molecular formula is C16H26N2O3S. The molecule has 0 bridgehead atoms. The highest BCUT2D eigenvalue weighted by Crippen LogP contribution is 2.16. The van der Waals surface area contributed by atoms with Gasteiger partial charge in [0.25, 0.3) is 0 Å². The quantitative estimate of drug-likeness (QED) is 0.834. The molecule has 22 heavy (non-hydrogen) atoms. The Morgan fingerprint density at radius 2 is 1.91 bits per heavy atom. The number of sulfonamides is 1. The molecule has 0 aliphatic heterocycles. The van der Waals surface area contributed by atoms with Crippen LogP contribution in [-0.4, -0.2) is 39.4 Å². The molecule has 0 saturated heterocycles. The van der Waals surface area contributed by atoms with E-state index in [4.69, 9.17) is 0 Å². The fourth-order valence-corrected chi connectivity index (χ4v) is 3.57. The molecule has 1 aromatic rings. The van der Waals surface area contributed by atoms with Crippen LogP contribution in [0.5, 0.6) is 0 Å². The van der Waals surface area contributed by atoms with Crippen LogP contribution in [0, 0.1) is 19.8 Å². The highest BCUT2D eigenvalue weighted by Gasteiger charge is 2.17. The van der Waals surface area contributed by atoms with Gasteiger partial charge in [-0.2, -0.15) is 0 Å². The smallest absolute Gasteiger partial charge is 0.240 e. The number of amides is 1. The Balaban J connectivity index is 2.62. The summed E-state index contributed by atoms with van der Waals surface area (Å²) in [6.07, 6.45) is 0.160. The lowest BCUT2D eigenvalue weighted by molar-refractivity contribution is -0.130. The largest absolute Gasteiger partial charge is 0.345 e. The molecule has 1 N–H and O–H groups in total. The molecule has 0 aliphatic carbocycles. The van der Waals surface area contributed by atoms with Gasteiger partial charge < -0.3 is 4.90 Å². The fraction of sp³-hybridized carbons (Fsp3) is 0.562. The molecule has 0 unspecified atom stereocenters. The third-order valence-electron chi connectivity index (χ3n) is 3.32. The summed E-state index contributed by atoms with van der Waals surface area (Å²) in [4.78, 5) is 13.8. The summed E-state index contributed by atoms with van der Waals surface area (Å²) in [6, 6.07) is 5.19. The third kappa shape index (κ3) is 5.42. The van der Waals surface area contributed by atoms with Crippen LogP contribution < -0.4 is 4.72 Å². The molecule has 0 spiro atoms. The standard InChI is InChI=1S/C16H26N2O3S/c1-12(2)11-18(5)16(19)8-9-17-22(20,21)15-7-6-13(3)10-14(15)4/h6-7,10,12,17H,8-9,11H2,1-5H3. The van der Waals surface area contributed by atoms with Gasteiger partial charge in [0, 0.05) is 26.6 Å². The third-order valence-corrected chi connectivity index (χ3v) is 4.94. The zero-order valence-corrected chi connectivity index (χ0v) is 14.8.